The molecular formula is C28H39N3O4S. The largest absolute Gasteiger partial charge is 0.352 e. The van der Waals surface area contributed by atoms with Crippen molar-refractivity contribution in [2.45, 2.75) is 78.4 Å². The molecule has 1 saturated carbocycles. The summed E-state index contributed by atoms with van der Waals surface area (Å²) in [5.41, 5.74) is 4.06. The van der Waals surface area contributed by atoms with Crippen LogP contribution >= 0.6 is 0 Å². The van der Waals surface area contributed by atoms with Crippen LogP contribution < -0.4 is 9.62 Å². The van der Waals surface area contributed by atoms with Crippen LogP contribution in [0.4, 0.5) is 5.69 Å². The number of rotatable bonds is 9. The average molecular weight is 514 g/mol. The van der Waals surface area contributed by atoms with Crippen LogP contribution in [0.15, 0.2) is 42.5 Å². The second-order valence-electron chi connectivity index (χ2n) is 10.1. The fraction of sp³-hybridized carbons (Fsp3) is 0.500. The highest BCUT2D eigenvalue weighted by atomic mass is 32.2. The van der Waals surface area contributed by atoms with Gasteiger partial charge in [-0.15, -0.1) is 0 Å². The zero-order valence-corrected chi connectivity index (χ0v) is 22.9. The number of carbonyl (C=O) groups is 2. The van der Waals surface area contributed by atoms with Gasteiger partial charge in [-0.25, -0.2) is 8.42 Å². The van der Waals surface area contributed by atoms with Crippen molar-refractivity contribution < 1.29 is 18.0 Å². The molecule has 1 fully saturated rings. The van der Waals surface area contributed by atoms with Gasteiger partial charge in [-0.3, -0.25) is 13.9 Å². The maximum atomic E-state index is 13.7. The lowest BCUT2D eigenvalue weighted by Gasteiger charge is -2.33. The summed E-state index contributed by atoms with van der Waals surface area (Å²) in [4.78, 5) is 28.5. The Morgan fingerprint density at radius 3 is 2.31 bits per heavy atom. The number of nitrogens with zero attached hydrogens (tertiary/aromatic N) is 2. The molecule has 2 aromatic rings. The lowest BCUT2D eigenvalue weighted by molar-refractivity contribution is -0.139. The summed E-state index contributed by atoms with van der Waals surface area (Å²) in [5, 5.41) is 3.12. The Hall–Kier alpha value is -2.87. The lowest BCUT2D eigenvalue weighted by atomic mass is 9.95. The monoisotopic (exact) mass is 513 g/mol. The first-order chi connectivity index (χ1) is 17.0. The van der Waals surface area contributed by atoms with Gasteiger partial charge in [0.1, 0.15) is 12.6 Å². The van der Waals surface area contributed by atoms with E-state index < -0.39 is 22.0 Å². The lowest BCUT2D eigenvalue weighted by Crippen LogP contribution is -2.53. The van der Waals surface area contributed by atoms with Crippen LogP contribution in [-0.4, -0.2) is 50.0 Å². The fourth-order valence-electron chi connectivity index (χ4n) is 4.74. The Morgan fingerprint density at radius 1 is 1.00 bits per heavy atom. The van der Waals surface area contributed by atoms with Crippen LogP contribution in [0.5, 0.6) is 0 Å². The van der Waals surface area contributed by atoms with Gasteiger partial charge in [-0.1, -0.05) is 61.2 Å². The molecule has 1 atom stereocenters. The number of amides is 2. The second-order valence-corrected chi connectivity index (χ2v) is 12.0. The maximum absolute atomic E-state index is 13.7. The van der Waals surface area contributed by atoms with E-state index in [-0.39, 0.29) is 25.0 Å². The summed E-state index contributed by atoms with van der Waals surface area (Å²) < 4.78 is 26.7. The van der Waals surface area contributed by atoms with Crippen molar-refractivity contribution in [1.29, 1.82) is 0 Å². The highest BCUT2D eigenvalue weighted by Gasteiger charge is 2.31. The summed E-state index contributed by atoms with van der Waals surface area (Å²) in [5.74, 6) is -0.630. The van der Waals surface area contributed by atoms with E-state index in [9.17, 15) is 18.0 Å². The number of aryl methyl sites for hydroxylation is 3. The van der Waals surface area contributed by atoms with E-state index in [2.05, 4.69) is 5.32 Å². The molecule has 0 unspecified atom stereocenters. The van der Waals surface area contributed by atoms with Gasteiger partial charge in [0.05, 0.1) is 11.9 Å². The predicted octanol–water partition coefficient (Wildman–Crippen LogP) is 4.24. The van der Waals surface area contributed by atoms with Crippen LogP contribution in [0.1, 0.15) is 61.3 Å². The van der Waals surface area contributed by atoms with Gasteiger partial charge < -0.3 is 10.2 Å². The van der Waals surface area contributed by atoms with Gasteiger partial charge in [0.2, 0.25) is 21.8 Å². The standard InChI is InChI=1S/C28H39N3O4S/c1-20-10-9-11-24(16-20)18-30(23(4)28(33)29-25-12-7-6-8-13-25)27(32)19-31(36(5,34)35)26-17-21(2)14-15-22(26)3/h9-11,14-17,23,25H,6-8,12-13,18-19H2,1-5H3,(H,29,33)/t23-/m1/s1. The molecule has 2 aromatic carbocycles. The van der Waals surface area contributed by atoms with Crippen LogP contribution in [0.2, 0.25) is 0 Å². The third-order valence-corrected chi connectivity index (χ3v) is 7.99. The molecule has 1 aliphatic carbocycles. The van der Waals surface area contributed by atoms with Gasteiger partial charge in [-0.05, 0) is 63.3 Å². The third-order valence-electron chi connectivity index (χ3n) is 6.87. The Balaban J connectivity index is 1.90. The highest BCUT2D eigenvalue weighted by Crippen LogP contribution is 2.25. The number of hydrogen-bond acceptors (Lipinski definition) is 4. The number of anilines is 1. The molecule has 0 saturated heterocycles. The Labute approximate surface area is 215 Å². The first kappa shape index (κ1) is 27.7. The number of carbonyl (C=O) groups excluding carboxylic acids is 2. The van der Waals surface area contributed by atoms with E-state index in [4.69, 9.17) is 0 Å². The van der Waals surface area contributed by atoms with Gasteiger partial charge in [0.25, 0.3) is 0 Å². The molecule has 1 aliphatic rings. The van der Waals surface area contributed by atoms with E-state index in [0.717, 1.165) is 58.5 Å². The van der Waals surface area contributed by atoms with Crippen LogP contribution in [0, 0.1) is 20.8 Å². The Morgan fingerprint density at radius 2 is 1.67 bits per heavy atom. The smallest absolute Gasteiger partial charge is 0.244 e. The molecule has 2 amide bonds. The minimum Gasteiger partial charge on any atom is -0.352 e. The van der Waals surface area contributed by atoms with Crippen LogP contribution in [-0.2, 0) is 26.2 Å². The molecular weight excluding hydrogens is 474 g/mol. The maximum Gasteiger partial charge on any atom is 0.244 e. The highest BCUT2D eigenvalue weighted by molar-refractivity contribution is 7.92. The molecule has 36 heavy (non-hydrogen) atoms. The molecule has 3 rings (SSSR count). The second kappa shape index (κ2) is 11.9. The SMILES string of the molecule is Cc1cccc(CN(C(=O)CN(c2cc(C)ccc2C)S(C)(=O)=O)[C@H](C)C(=O)NC2CCCCC2)c1. The summed E-state index contributed by atoms with van der Waals surface area (Å²) in [6.07, 6.45) is 6.35. The summed E-state index contributed by atoms with van der Waals surface area (Å²) >= 11 is 0. The minimum atomic E-state index is -3.75. The van der Waals surface area contributed by atoms with Gasteiger partial charge >= 0.3 is 0 Å². The van der Waals surface area contributed by atoms with Gasteiger partial charge in [0, 0.05) is 12.6 Å². The van der Waals surface area contributed by atoms with Gasteiger partial charge in [0.15, 0.2) is 0 Å². The topological polar surface area (TPSA) is 86.8 Å². The van der Waals surface area contributed by atoms with Crippen molar-refractivity contribution in [2.24, 2.45) is 0 Å². The van der Waals surface area contributed by atoms with Crippen molar-refractivity contribution in [3.8, 4) is 0 Å². The van der Waals surface area contributed by atoms with E-state index in [1.807, 2.05) is 57.2 Å². The zero-order valence-electron chi connectivity index (χ0n) is 22.1. The molecule has 196 valence electrons. The summed E-state index contributed by atoms with van der Waals surface area (Å²) in [6.45, 7) is 7.23. The molecule has 0 aliphatic heterocycles. The van der Waals surface area contributed by atoms with E-state index in [1.54, 1.807) is 13.0 Å². The van der Waals surface area contributed by atoms with Crippen molar-refractivity contribution in [3.63, 3.8) is 0 Å². The number of benzene rings is 2. The first-order valence-corrected chi connectivity index (χ1v) is 14.5. The van der Waals surface area contributed by atoms with E-state index in [1.165, 1.54) is 11.3 Å². The molecule has 0 radical (unpaired) electrons. The predicted molar refractivity (Wildman–Crippen MR) is 144 cm³/mol. The average Bonchev–Trinajstić information content (AvgIpc) is 2.82. The molecule has 0 aromatic heterocycles. The Bertz CT molecular complexity index is 1190. The third kappa shape index (κ3) is 7.32. The van der Waals surface area contributed by atoms with Crippen molar-refractivity contribution in [2.75, 3.05) is 17.1 Å². The molecule has 0 spiro atoms. The molecule has 0 heterocycles. The number of hydrogen-bond donors (Lipinski definition) is 1. The van der Waals surface area contributed by atoms with E-state index >= 15 is 0 Å². The zero-order chi connectivity index (χ0) is 26.5. The Kier molecular flexibility index (Phi) is 9.17. The van der Waals surface area contributed by atoms with Crippen LogP contribution in [0.25, 0.3) is 0 Å². The van der Waals surface area contributed by atoms with E-state index in [0.29, 0.717) is 5.69 Å². The molecule has 8 heteroatoms. The van der Waals surface area contributed by atoms with Crippen LogP contribution in [0.3, 0.4) is 0 Å². The van der Waals surface area contributed by atoms with Crippen molar-refractivity contribution in [1.82, 2.24) is 10.2 Å². The number of nitrogens with one attached hydrogen (secondary N) is 1. The molecule has 7 nitrogen and oxygen atoms in total. The summed E-state index contributed by atoms with van der Waals surface area (Å²) in [7, 11) is -3.75. The quantitative estimate of drug-likeness (QED) is 0.543. The van der Waals surface area contributed by atoms with Crippen molar-refractivity contribution in [3.05, 3.63) is 64.7 Å². The number of sulfonamides is 1. The van der Waals surface area contributed by atoms with Gasteiger partial charge in [-0.2, -0.15) is 0 Å². The first-order valence-electron chi connectivity index (χ1n) is 12.7. The normalized spacial score (nSPS) is 15.2. The fourth-order valence-corrected chi connectivity index (χ4v) is 5.64. The molecule has 0 bridgehead atoms. The summed E-state index contributed by atoms with van der Waals surface area (Å²) in [6, 6.07) is 12.7. The van der Waals surface area contributed by atoms with Crippen molar-refractivity contribution >= 4 is 27.5 Å². The minimum absolute atomic E-state index is 0.118. The molecule has 1 N–H and O–H groups in total.